The van der Waals surface area contributed by atoms with Crippen molar-refractivity contribution in [2.45, 2.75) is 117 Å². The number of carbonyl (C=O) groups excluding carboxylic acids is 1. The van der Waals surface area contributed by atoms with Gasteiger partial charge in [0.1, 0.15) is 5.60 Å². The summed E-state index contributed by atoms with van der Waals surface area (Å²) in [5.41, 5.74) is 1.13. The monoisotopic (exact) mass is 454 g/mol. The highest BCUT2D eigenvalue weighted by molar-refractivity contribution is 5.82. The molecule has 1 spiro atoms. The van der Waals surface area contributed by atoms with Gasteiger partial charge in [-0.2, -0.15) is 0 Å². The van der Waals surface area contributed by atoms with Crippen LogP contribution in [0.5, 0.6) is 0 Å². The van der Waals surface area contributed by atoms with Gasteiger partial charge in [-0.05, 0) is 98.2 Å². The second-order valence-electron chi connectivity index (χ2n) is 14.7. The SMILES string of the molecule is C=C1CC[C@]23CC[C@@]4(C)[C@]5(C)CC[C@@H]6C(C)(C)[C@@H](O)CC[C@]6(C)[C@@H]5CC[C@@]4(OC2=O)[C@@H]3[C@H]1C. The zero-order valence-electron chi connectivity index (χ0n) is 21.9. The maximum absolute atomic E-state index is 13.7. The zero-order valence-corrected chi connectivity index (χ0v) is 21.9. The van der Waals surface area contributed by atoms with E-state index in [2.05, 4.69) is 48.1 Å². The second-order valence-corrected chi connectivity index (χ2v) is 14.7. The van der Waals surface area contributed by atoms with E-state index in [4.69, 9.17) is 4.74 Å². The summed E-state index contributed by atoms with van der Waals surface area (Å²) in [5.74, 6) is 1.97. The summed E-state index contributed by atoms with van der Waals surface area (Å²) >= 11 is 0. The smallest absolute Gasteiger partial charge is 0.313 e. The van der Waals surface area contributed by atoms with Crippen LogP contribution < -0.4 is 0 Å². The quantitative estimate of drug-likeness (QED) is 0.328. The molecule has 2 bridgehead atoms. The first-order valence-corrected chi connectivity index (χ1v) is 13.9. The summed E-state index contributed by atoms with van der Waals surface area (Å²) in [7, 11) is 0. The summed E-state index contributed by atoms with van der Waals surface area (Å²) < 4.78 is 6.76. The van der Waals surface area contributed by atoms with Gasteiger partial charge < -0.3 is 9.84 Å². The number of ether oxygens (including phenoxy) is 1. The third-order valence-electron chi connectivity index (χ3n) is 13.9. The van der Waals surface area contributed by atoms with E-state index in [1.807, 2.05) is 0 Å². The Bertz CT molecular complexity index is 922. The van der Waals surface area contributed by atoms with Crippen LogP contribution in [0.3, 0.4) is 0 Å². The Kier molecular flexibility index (Phi) is 4.31. The van der Waals surface area contributed by atoms with Crippen LogP contribution in [0.2, 0.25) is 0 Å². The van der Waals surface area contributed by atoms with E-state index in [9.17, 15) is 9.90 Å². The minimum atomic E-state index is -0.330. The van der Waals surface area contributed by atoms with Crippen LogP contribution in [0.4, 0.5) is 0 Å². The number of hydrogen-bond acceptors (Lipinski definition) is 3. The Hall–Kier alpha value is -0.830. The minimum Gasteiger partial charge on any atom is -0.458 e. The van der Waals surface area contributed by atoms with Crippen LogP contribution in [-0.4, -0.2) is 22.8 Å². The van der Waals surface area contributed by atoms with Crippen LogP contribution in [0.1, 0.15) is 106 Å². The topological polar surface area (TPSA) is 46.5 Å². The second kappa shape index (κ2) is 6.29. The average Bonchev–Trinajstić information content (AvgIpc) is 2.95. The van der Waals surface area contributed by atoms with E-state index >= 15 is 0 Å². The van der Waals surface area contributed by atoms with Gasteiger partial charge in [0.05, 0.1) is 11.5 Å². The van der Waals surface area contributed by atoms with E-state index in [1.165, 1.54) is 18.4 Å². The third-order valence-corrected chi connectivity index (χ3v) is 13.9. The molecule has 1 aliphatic heterocycles. The van der Waals surface area contributed by atoms with Crippen LogP contribution in [-0.2, 0) is 9.53 Å². The Labute approximate surface area is 201 Å². The van der Waals surface area contributed by atoms with E-state index in [0.717, 1.165) is 51.4 Å². The number of hydrogen-bond donors (Lipinski definition) is 1. The predicted octanol–water partition coefficient (Wildman–Crippen LogP) is 6.68. The van der Waals surface area contributed by atoms with Crippen molar-refractivity contribution in [3.63, 3.8) is 0 Å². The van der Waals surface area contributed by atoms with Crippen molar-refractivity contribution in [1.29, 1.82) is 0 Å². The van der Waals surface area contributed by atoms with Gasteiger partial charge in [-0.15, -0.1) is 0 Å². The molecule has 1 heterocycles. The van der Waals surface area contributed by atoms with Crippen LogP contribution in [0.15, 0.2) is 12.2 Å². The molecule has 1 saturated heterocycles. The molecule has 0 aromatic carbocycles. The maximum Gasteiger partial charge on any atom is 0.313 e. The summed E-state index contributed by atoms with van der Waals surface area (Å²) in [4.78, 5) is 13.7. The number of carbonyl (C=O) groups is 1. The van der Waals surface area contributed by atoms with Crippen LogP contribution >= 0.6 is 0 Å². The Balaban J connectivity index is 1.47. The first-order valence-electron chi connectivity index (χ1n) is 13.9. The number of esters is 1. The molecule has 6 aliphatic rings. The fourth-order valence-corrected chi connectivity index (χ4v) is 11.9. The molecular weight excluding hydrogens is 408 g/mol. The van der Waals surface area contributed by atoms with Gasteiger partial charge in [0, 0.05) is 11.3 Å². The van der Waals surface area contributed by atoms with E-state index in [1.54, 1.807) is 0 Å². The third kappa shape index (κ3) is 2.23. The molecule has 0 amide bonds. The van der Waals surface area contributed by atoms with Gasteiger partial charge >= 0.3 is 5.97 Å². The largest absolute Gasteiger partial charge is 0.458 e. The van der Waals surface area contributed by atoms with Gasteiger partial charge in [0.15, 0.2) is 0 Å². The molecule has 5 aliphatic carbocycles. The highest BCUT2D eigenvalue weighted by atomic mass is 16.6. The van der Waals surface area contributed by atoms with Gasteiger partial charge in [-0.25, -0.2) is 0 Å². The molecule has 1 N–H and O–H groups in total. The van der Waals surface area contributed by atoms with Crippen molar-refractivity contribution in [1.82, 2.24) is 0 Å². The molecule has 0 aromatic rings. The van der Waals surface area contributed by atoms with Crippen LogP contribution in [0, 0.1) is 50.7 Å². The Morgan fingerprint density at radius 3 is 2.33 bits per heavy atom. The lowest BCUT2D eigenvalue weighted by atomic mass is 9.30. The van der Waals surface area contributed by atoms with E-state index < -0.39 is 0 Å². The highest BCUT2D eigenvalue weighted by Gasteiger charge is 2.81. The molecule has 5 saturated carbocycles. The fraction of sp³-hybridized carbons (Fsp3) is 0.900. The standard InChI is InChI=1S/C30H46O3/c1-18-8-14-29-17-16-28(7)27(6)13-9-20-25(3,4)22(31)11-12-26(20,5)21(27)10-15-30(28,33-24(29)32)23(29)19(18)2/h19-23,31H,1,8-17H2,2-7H3/t19-,20+,21-,22-,23+,26-,27+,28-,29+,30+/m0/s1. The summed E-state index contributed by atoms with van der Waals surface area (Å²) in [6.07, 6.45) is 10.5. The number of aliphatic hydroxyl groups is 1. The highest BCUT2D eigenvalue weighted by Crippen LogP contribution is 2.80. The maximum atomic E-state index is 13.7. The zero-order chi connectivity index (χ0) is 23.8. The molecule has 6 rings (SSSR count). The van der Waals surface area contributed by atoms with Crippen molar-refractivity contribution in [3.05, 3.63) is 12.2 Å². The Morgan fingerprint density at radius 2 is 1.61 bits per heavy atom. The Morgan fingerprint density at radius 1 is 0.909 bits per heavy atom. The summed E-state index contributed by atoms with van der Waals surface area (Å²) in [6, 6.07) is 0. The summed E-state index contributed by atoms with van der Waals surface area (Å²) in [6.45, 7) is 19.1. The van der Waals surface area contributed by atoms with Crippen LogP contribution in [0.25, 0.3) is 0 Å². The van der Waals surface area contributed by atoms with E-state index in [-0.39, 0.29) is 44.7 Å². The molecule has 33 heavy (non-hydrogen) atoms. The van der Waals surface area contributed by atoms with Gasteiger partial charge in [0.25, 0.3) is 0 Å². The lowest BCUT2D eigenvalue weighted by Gasteiger charge is -2.74. The lowest BCUT2D eigenvalue weighted by molar-refractivity contribution is -0.285. The molecule has 0 radical (unpaired) electrons. The minimum absolute atomic E-state index is 0.00328. The van der Waals surface area contributed by atoms with Gasteiger partial charge in [-0.1, -0.05) is 53.7 Å². The summed E-state index contributed by atoms with van der Waals surface area (Å²) in [5, 5.41) is 10.9. The molecule has 3 nitrogen and oxygen atoms in total. The molecule has 0 unspecified atom stereocenters. The number of aliphatic hydroxyl groups excluding tert-OH is 1. The first-order chi connectivity index (χ1) is 15.3. The van der Waals surface area contributed by atoms with Crippen molar-refractivity contribution in [2.75, 3.05) is 0 Å². The van der Waals surface area contributed by atoms with Gasteiger partial charge in [0.2, 0.25) is 0 Å². The fourth-order valence-electron chi connectivity index (χ4n) is 11.9. The van der Waals surface area contributed by atoms with Gasteiger partial charge in [-0.3, -0.25) is 4.79 Å². The molecule has 184 valence electrons. The van der Waals surface area contributed by atoms with Crippen molar-refractivity contribution in [2.24, 2.45) is 50.7 Å². The average molecular weight is 455 g/mol. The predicted molar refractivity (Wildman–Crippen MR) is 130 cm³/mol. The molecular formula is C30H46O3. The number of rotatable bonds is 0. The molecule has 0 aromatic heterocycles. The first kappa shape index (κ1) is 22.6. The molecule has 6 fully saturated rings. The molecule has 10 atom stereocenters. The molecule has 3 heteroatoms. The number of allylic oxidation sites excluding steroid dienone is 1. The lowest BCUT2D eigenvalue weighted by Crippen LogP contribution is -2.72. The van der Waals surface area contributed by atoms with Crippen molar-refractivity contribution in [3.8, 4) is 0 Å². The number of fused-ring (bicyclic) bond motifs is 4. The van der Waals surface area contributed by atoms with Crippen molar-refractivity contribution >= 4 is 5.97 Å². The normalized spacial score (nSPS) is 59.1. The van der Waals surface area contributed by atoms with Crippen molar-refractivity contribution < 1.29 is 14.6 Å². The van der Waals surface area contributed by atoms with E-state index in [0.29, 0.717) is 23.7 Å².